The Hall–Kier alpha value is -2.25. The lowest BCUT2D eigenvalue weighted by Gasteiger charge is -2.34. The number of carbonyl (C=O) groups is 1. The normalized spacial score (nSPS) is 14.3. The van der Waals surface area contributed by atoms with E-state index in [4.69, 9.17) is 9.72 Å². The number of piperazine rings is 1. The summed E-state index contributed by atoms with van der Waals surface area (Å²) < 4.78 is 6.42. The lowest BCUT2D eigenvalue weighted by atomic mass is 10.2. The third-order valence-corrected chi connectivity index (χ3v) is 7.48. The van der Waals surface area contributed by atoms with E-state index in [1.807, 2.05) is 17.0 Å². The van der Waals surface area contributed by atoms with Gasteiger partial charge in [0.25, 0.3) is 0 Å². The highest BCUT2D eigenvalue weighted by Crippen LogP contribution is 2.30. The fourth-order valence-electron chi connectivity index (χ4n) is 3.55. The van der Waals surface area contributed by atoms with Crippen molar-refractivity contribution in [1.82, 2.24) is 9.88 Å². The van der Waals surface area contributed by atoms with Gasteiger partial charge < -0.3 is 14.5 Å². The molecule has 158 valence electrons. The molecule has 1 aliphatic heterocycles. The molecule has 2 aromatic carbocycles. The van der Waals surface area contributed by atoms with Crippen LogP contribution in [0.2, 0.25) is 0 Å². The summed E-state index contributed by atoms with van der Waals surface area (Å²) in [5.74, 6) is 2.09. The summed E-state index contributed by atoms with van der Waals surface area (Å²) in [5.41, 5.74) is 2.33. The Morgan fingerprint density at radius 2 is 1.90 bits per heavy atom. The molecule has 0 atom stereocenters. The van der Waals surface area contributed by atoms with Crippen LogP contribution in [0.4, 0.5) is 5.13 Å². The Labute approximate surface area is 186 Å². The fraction of sp³-hybridized carbons (Fsp3) is 0.391. The van der Waals surface area contributed by atoms with Gasteiger partial charge >= 0.3 is 0 Å². The second kappa shape index (κ2) is 9.71. The third-order valence-electron chi connectivity index (χ3n) is 5.30. The van der Waals surface area contributed by atoms with Gasteiger partial charge in [0.1, 0.15) is 5.75 Å². The first-order chi connectivity index (χ1) is 14.6. The van der Waals surface area contributed by atoms with Gasteiger partial charge in [0, 0.05) is 37.5 Å². The number of aromatic nitrogens is 1. The van der Waals surface area contributed by atoms with Crippen molar-refractivity contribution in [1.29, 1.82) is 0 Å². The van der Waals surface area contributed by atoms with Crippen LogP contribution in [-0.4, -0.2) is 54.8 Å². The molecule has 1 aliphatic rings. The lowest BCUT2D eigenvalue weighted by molar-refractivity contribution is -0.131. The number of benzene rings is 2. The summed E-state index contributed by atoms with van der Waals surface area (Å²) in [6.45, 7) is 5.37. The number of rotatable bonds is 7. The van der Waals surface area contributed by atoms with Crippen LogP contribution in [0.15, 0.2) is 47.4 Å². The molecule has 0 unspecified atom stereocenters. The summed E-state index contributed by atoms with van der Waals surface area (Å²) in [4.78, 5) is 22.9. The fourth-order valence-corrected chi connectivity index (χ4v) is 5.51. The van der Waals surface area contributed by atoms with Gasteiger partial charge in [0.05, 0.1) is 17.3 Å². The molecule has 3 aromatic rings. The number of methoxy groups -OCH3 is 1. The van der Waals surface area contributed by atoms with Crippen LogP contribution in [0.3, 0.4) is 0 Å². The number of ether oxygens (including phenoxy) is 1. The van der Waals surface area contributed by atoms with E-state index in [0.717, 1.165) is 54.8 Å². The van der Waals surface area contributed by atoms with Crippen molar-refractivity contribution >= 4 is 44.4 Å². The van der Waals surface area contributed by atoms with Gasteiger partial charge in [0.15, 0.2) is 5.13 Å². The highest BCUT2D eigenvalue weighted by Gasteiger charge is 2.22. The molecule has 2 heterocycles. The second-order valence-corrected chi connectivity index (χ2v) is 9.64. The number of thiazole rings is 1. The van der Waals surface area contributed by atoms with E-state index in [-0.39, 0.29) is 5.91 Å². The Kier molecular flexibility index (Phi) is 6.79. The standard InChI is InChI=1S/C23H27N3O2S2/c1-17-5-10-20-21(16-17)30-23(24-20)26-13-11-25(12-14-26)22(27)4-3-15-29-19-8-6-18(28-2)7-9-19/h5-10,16H,3-4,11-15H2,1-2H3. The van der Waals surface area contributed by atoms with E-state index in [1.54, 1.807) is 30.2 Å². The number of hydrogen-bond acceptors (Lipinski definition) is 6. The Bertz CT molecular complexity index is 995. The number of nitrogens with zero attached hydrogens (tertiary/aromatic N) is 3. The maximum atomic E-state index is 12.6. The van der Waals surface area contributed by atoms with E-state index in [2.05, 4.69) is 42.2 Å². The number of fused-ring (bicyclic) bond motifs is 1. The van der Waals surface area contributed by atoms with Crippen molar-refractivity contribution in [2.24, 2.45) is 0 Å². The molecule has 5 nitrogen and oxygen atoms in total. The van der Waals surface area contributed by atoms with Gasteiger partial charge in [-0.2, -0.15) is 0 Å². The molecular formula is C23H27N3O2S2. The molecule has 0 saturated carbocycles. The van der Waals surface area contributed by atoms with Crippen molar-refractivity contribution < 1.29 is 9.53 Å². The maximum absolute atomic E-state index is 12.6. The molecule has 7 heteroatoms. The van der Waals surface area contributed by atoms with Crippen LogP contribution >= 0.6 is 23.1 Å². The van der Waals surface area contributed by atoms with Gasteiger partial charge in [0.2, 0.25) is 5.91 Å². The minimum atomic E-state index is 0.268. The summed E-state index contributed by atoms with van der Waals surface area (Å²) in [6.07, 6.45) is 1.51. The summed E-state index contributed by atoms with van der Waals surface area (Å²) in [7, 11) is 1.67. The van der Waals surface area contributed by atoms with Crippen molar-refractivity contribution in [2.75, 3.05) is 43.9 Å². The Balaban J connectivity index is 1.20. The predicted octanol–water partition coefficient (Wildman–Crippen LogP) is 4.83. The Morgan fingerprint density at radius 3 is 2.63 bits per heavy atom. The predicted molar refractivity (Wildman–Crippen MR) is 126 cm³/mol. The van der Waals surface area contributed by atoms with E-state index >= 15 is 0 Å². The number of aryl methyl sites for hydroxylation is 1. The van der Waals surface area contributed by atoms with Gasteiger partial charge in [-0.1, -0.05) is 17.4 Å². The molecule has 1 aromatic heterocycles. The smallest absolute Gasteiger partial charge is 0.222 e. The van der Waals surface area contributed by atoms with Crippen LogP contribution in [-0.2, 0) is 4.79 Å². The molecule has 0 spiro atoms. The SMILES string of the molecule is COc1ccc(SCCCC(=O)N2CCN(c3nc4ccc(C)cc4s3)CC2)cc1. The highest BCUT2D eigenvalue weighted by atomic mass is 32.2. The molecule has 30 heavy (non-hydrogen) atoms. The molecular weight excluding hydrogens is 414 g/mol. The van der Waals surface area contributed by atoms with Crippen molar-refractivity contribution in [3.63, 3.8) is 0 Å². The average Bonchev–Trinajstić information content (AvgIpc) is 3.20. The van der Waals surface area contributed by atoms with E-state index in [9.17, 15) is 4.79 Å². The molecule has 0 aliphatic carbocycles. The average molecular weight is 442 g/mol. The molecule has 1 amide bonds. The molecule has 0 N–H and O–H groups in total. The number of amides is 1. The summed E-state index contributed by atoms with van der Waals surface area (Å²) in [6, 6.07) is 14.5. The highest BCUT2D eigenvalue weighted by molar-refractivity contribution is 7.99. The zero-order chi connectivity index (χ0) is 20.9. The minimum absolute atomic E-state index is 0.268. The van der Waals surface area contributed by atoms with Crippen LogP contribution in [0.1, 0.15) is 18.4 Å². The first-order valence-corrected chi connectivity index (χ1v) is 12.1. The van der Waals surface area contributed by atoms with Crippen molar-refractivity contribution in [2.45, 2.75) is 24.7 Å². The number of anilines is 1. The van der Waals surface area contributed by atoms with Crippen LogP contribution < -0.4 is 9.64 Å². The topological polar surface area (TPSA) is 45.7 Å². The van der Waals surface area contributed by atoms with Gasteiger partial charge in [-0.15, -0.1) is 11.8 Å². The molecule has 1 saturated heterocycles. The van der Waals surface area contributed by atoms with E-state index < -0.39 is 0 Å². The third kappa shape index (κ3) is 5.08. The monoisotopic (exact) mass is 441 g/mol. The first-order valence-electron chi connectivity index (χ1n) is 10.3. The van der Waals surface area contributed by atoms with Crippen molar-refractivity contribution in [3.8, 4) is 5.75 Å². The quantitative estimate of drug-likeness (QED) is 0.388. The molecule has 4 rings (SSSR count). The van der Waals surface area contributed by atoms with Gasteiger partial charge in [-0.3, -0.25) is 4.79 Å². The van der Waals surface area contributed by atoms with E-state index in [0.29, 0.717) is 6.42 Å². The number of hydrogen-bond donors (Lipinski definition) is 0. The maximum Gasteiger partial charge on any atom is 0.222 e. The van der Waals surface area contributed by atoms with Gasteiger partial charge in [-0.05, 0) is 61.1 Å². The molecule has 0 radical (unpaired) electrons. The molecule has 0 bridgehead atoms. The van der Waals surface area contributed by atoms with Crippen LogP contribution in [0.5, 0.6) is 5.75 Å². The van der Waals surface area contributed by atoms with Crippen molar-refractivity contribution in [3.05, 3.63) is 48.0 Å². The lowest BCUT2D eigenvalue weighted by Crippen LogP contribution is -2.48. The van der Waals surface area contributed by atoms with Crippen LogP contribution in [0.25, 0.3) is 10.2 Å². The van der Waals surface area contributed by atoms with Gasteiger partial charge in [-0.25, -0.2) is 4.98 Å². The number of thioether (sulfide) groups is 1. The summed E-state index contributed by atoms with van der Waals surface area (Å²) in [5, 5.41) is 1.07. The number of carbonyl (C=O) groups excluding carboxylic acids is 1. The zero-order valence-electron chi connectivity index (χ0n) is 17.5. The largest absolute Gasteiger partial charge is 0.497 e. The minimum Gasteiger partial charge on any atom is -0.497 e. The van der Waals surface area contributed by atoms with Crippen LogP contribution in [0, 0.1) is 6.92 Å². The summed E-state index contributed by atoms with van der Waals surface area (Å²) >= 11 is 3.53. The Morgan fingerprint density at radius 1 is 1.13 bits per heavy atom. The second-order valence-electron chi connectivity index (χ2n) is 7.46. The molecule has 1 fully saturated rings. The van der Waals surface area contributed by atoms with E-state index in [1.165, 1.54) is 15.2 Å². The zero-order valence-corrected chi connectivity index (χ0v) is 19.1. The first kappa shape index (κ1) is 21.0.